The third kappa shape index (κ3) is 3.00. The zero-order chi connectivity index (χ0) is 18.4. The summed E-state index contributed by atoms with van der Waals surface area (Å²) < 4.78 is 1.85. The van der Waals surface area contributed by atoms with E-state index in [4.69, 9.17) is 0 Å². The first-order valence-corrected chi connectivity index (χ1v) is 9.60. The standard InChI is InChI=1S/C21H23N5O/c1-24-11-12-25(21(27)16-7-8-16)14-19(24)20-18-10-9-17(13-26(18)23-22-20)15-5-3-2-4-6-15/h2-6,9-10,13,16,19H,7-8,11-12,14H2,1H3/t19-/m0/s1. The van der Waals surface area contributed by atoms with Gasteiger partial charge >= 0.3 is 0 Å². The molecule has 6 nitrogen and oxygen atoms in total. The molecule has 1 aliphatic heterocycles. The number of piperazine rings is 1. The van der Waals surface area contributed by atoms with Crippen molar-refractivity contribution < 1.29 is 4.79 Å². The number of benzene rings is 1. The quantitative estimate of drug-likeness (QED) is 0.720. The van der Waals surface area contributed by atoms with E-state index in [0.717, 1.165) is 48.3 Å². The van der Waals surface area contributed by atoms with Gasteiger partial charge < -0.3 is 4.90 Å². The van der Waals surface area contributed by atoms with Crippen LogP contribution in [0.25, 0.3) is 16.6 Å². The normalized spacial score (nSPS) is 20.9. The molecule has 1 atom stereocenters. The number of amides is 1. The minimum atomic E-state index is 0.0847. The van der Waals surface area contributed by atoms with Gasteiger partial charge in [-0.15, -0.1) is 5.10 Å². The summed E-state index contributed by atoms with van der Waals surface area (Å²) in [5.74, 6) is 0.579. The van der Waals surface area contributed by atoms with Gasteiger partial charge in [0.05, 0.1) is 11.6 Å². The summed E-state index contributed by atoms with van der Waals surface area (Å²) in [6.07, 6.45) is 4.12. The van der Waals surface area contributed by atoms with Crippen molar-refractivity contribution in [3.05, 3.63) is 54.4 Å². The number of hydrogen-bond donors (Lipinski definition) is 0. The van der Waals surface area contributed by atoms with E-state index in [1.54, 1.807) is 0 Å². The van der Waals surface area contributed by atoms with E-state index in [-0.39, 0.29) is 12.0 Å². The Morgan fingerprint density at radius 3 is 2.63 bits per heavy atom. The average molecular weight is 361 g/mol. The molecular formula is C21H23N5O. The summed E-state index contributed by atoms with van der Waals surface area (Å²) >= 11 is 0. The van der Waals surface area contributed by atoms with E-state index in [1.807, 2.05) is 33.8 Å². The number of fused-ring (bicyclic) bond motifs is 1. The molecule has 3 aromatic rings. The minimum Gasteiger partial charge on any atom is -0.339 e. The van der Waals surface area contributed by atoms with Gasteiger partial charge in [0.25, 0.3) is 0 Å². The third-order valence-corrected chi connectivity index (χ3v) is 5.75. The van der Waals surface area contributed by atoms with E-state index >= 15 is 0 Å². The second-order valence-corrected chi connectivity index (χ2v) is 7.64. The maximum Gasteiger partial charge on any atom is 0.225 e. The largest absolute Gasteiger partial charge is 0.339 e. The number of hydrogen-bond acceptors (Lipinski definition) is 4. The molecule has 1 saturated heterocycles. The Morgan fingerprint density at radius 2 is 1.85 bits per heavy atom. The fraction of sp³-hybridized carbons (Fsp3) is 0.381. The van der Waals surface area contributed by atoms with Gasteiger partial charge in [-0.25, -0.2) is 4.52 Å². The highest BCUT2D eigenvalue weighted by Crippen LogP contribution is 2.34. The van der Waals surface area contributed by atoms with Crippen LogP contribution in [0.1, 0.15) is 24.6 Å². The maximum atomic E-state index is 12.5. The van der Waals surface area contributed by atoms with Crippen molar-refractivity contribution in [2.75, 3.05) is 26.7 Å². The van der Waals surface area contributed by atoms with Gasteiger partial charge in [0, 0.05) is 37.3 Å². The van der Waals surface area contributed by atoms with Gasteiger partial charge in [0.2, 0.25) is 5.91 Å². The van der Waals surface area contributed by atoms with Gasteiger partial charge in [-0.1, -0.05) is 41.6 Å². The van der Waals surface area contributed by atoms with Gasteiger partial charge in [-0.2, -0.15) is 0 Å². The summed E-state index contributed by atoms with van der Waals surface area (Å²) in [7, 11) is 2.10. The molecule has 27 heavy (non-hydrogen) atoms. The van der Waals surface area contributed by atoms with Crippen LogP contribution in [0, 0.1) is 5.92 Å². The summed E-state index contributed by atoms with van der Waals surface area (Å²) in [6, 6.07) is 14.6. The Labute approximate surface area is 158 Å². The van der Waals surface area contributed by atoms with Gasteiger partial charge in [-0.3, -0.25) is 9.69 Å². The summed E-state index contributed by atoms with van der Waals surface area (Å²) in [5, 5.41) is 8.86. The molecule has 1 saturated carbocycles. The van der Waals surface area contributed by atoms with Crippen molar-refractivity contribution >= 4 is 11.4 Å². The monoisotopic (exact) mass is 361 g/mol. The molecule has 1 aromatic carbocycles. The SMILES string of the molecule is CN1CCN(C(=O)C2CC2)C[C@H]1c1nnn2cc(-c3ccccc3)ccc12. The van der Waals surface area contributed by atoms with Crippen molar-refractivity contribution in [1.82, 2.24) is 24.6 Å². The molecule has 3 heterocycles. The predicted octanol–water partition coefficient (Wildman–Crippen LogP) is 2.62. The summed E-state index contributed by atoms with van der Waals surface area (Å²) in [6.45, 7) is 2.37. The zero-order valence-corrected chi connectivity index (χ0v) is 15.5. The third-order valence-electron chi connectivity index (χ3n) is 5.75. The number of nitrogens with zero attached hydrogens (tertiary/aromatic N) is 5. The number of rotatable bonds is 3. The van der Waals surface area contributed by atoms with E-state index in [9.17, 15) is 4.79 Å². The van der Waals surface area contributed by atoms with E-state index in [2.05, 4.69) is 46.5 Å². The molecule has 0 N–H and O–H groups in total. The average Bonchev–Trinajstić information content (AvgIpc) is 3.48. The molecule has 1 amide bonds. The Hall–Kier alpha value is -2.73. The van der Waals surface area contributed by atoms with Gasteiger partial charge in [0.1, 0.15) is 5.69 Å². The number of carbonyl (C=O) groups is 1. The summed E-state index contributed by atoms with van der Waals surface area (Å²) in [4.78, 5) is 16.8. The van der Waals surface area contributed by atoms with E-state index < -0.39 is 0 Å². The van der Waals surface area contributed by atoms with Crippen LogP contribution in [0.4, 0.5) is 0 Å². The van der Waals surface area contributed by atoms with E-state index in [0.29, 0.717) is 12.5 Å². The molecule has 0 bridgehead atoms. The zero-order valence-electron chi connectivity index (χ0n) is 15.5. The van der Waals surface area contributed by atoms with Crippen molar-refractivity contribution in [3.8, 4) is 11.1 Å². The molecule has 5 rings (SSSR count). The molecule has 2 fully saturated rings. The van der Waals surface area contributed by atoms with Crippen LogP contribution in [0.2, 0.25) is 0 Å². The molecule has 6 heteroatoms. The Balaban J connectivity index is 1.46. The van der Waals surface area contributed by atoms with Crippen LogP contribution < -0.4 is 0 Å². The Bertz CT molecular complexity index is 979. The Morgan fingerprint density at radius 1 is 1.04 bits per heavy atom. The van der Waals surface area contributed by atoms with Crippen molar-refractivity contribution in [2.24, 2.45) is 5.92 Å². The molecule has 0 spiro atoms. The second kappa shape index (κ2) is 6.46. The van der Waals surface area contributed by atoms with Crippen molar-refractivity contribution in [2.45, 2.75) is 18.9 Å². The van der Waals surface area contributed by atoms with Crippen LogP contribution in [0.15, 0.2) is 48.7 Å². The molecule has 0 unspecified atom stereocenters. The van der Waals surface area contributed by atoms with Crippen LogP contribution >= 0.6 is 0 Å². The van der Waals surface area contributed by atoms with Gasteiger partial charge in [-0.05, 0) is 31.5 Å². The lowest BCUT2D eigenvalue weighted by Crippen LogP contribution is -2.49. The molecule has 0 radical (unpaired) electrons. The van der Waals surface area contributed by atoms with Crippen LogP contribution in [0.5, 0.6) is 0 Å². The van der Waals surface area contributed by atoms with Crippen molar-refractivity contribution in [1.29, 1.82) is 0 Å². The number of carbonyl (C=O) groups excluding carboxylic acids is 1. The Kier molecular flexibility index (Phi) is 3.93. The van der Waals surface area contributed by atoms with Crippen molar-refractivity contribution in [3.63, 3.8) is 0 Å². The lowest BCUT2D eigenvalue weighted by Gasteiger charge is -2.38. The van der Waals surface area contributed by atoms with Crippen LogP contribution in [0.3, 0.4) is 0 Å². The second-order valence-electron chi connectivity index (χ2n) is 7.64. The highest BCUT2D eigenvalue weighted by molar-refractivity contribution is 5.81. The first-order chi connectivity index (χ1) is 13.2. The van der Waals surface area contributed by atoms with E-state index in [1.165, 1.54) is 0 Å². The number of aromatic nitrogens is 3. The summed E-state index contributed by atoms with van der Waals surface area (Å²) in [5.41, 5.74) is 4.23. The highest BCUT2D eigenvalue weighted by Gasteiger charge is 2.37. The first kappa shape index (κ1) is 16.4. The lowest BCUT2D eigenvalue weighted by molar-refractivity contribution is -0.135. The molecule has 1 aliphatic carbocycles. The maximum absolute atomic E-state index is 12.5. The molecule has 2 aromatic heterocycles. The molecular weight excluding hydrogens is 338 g/mol. The fourth-order valence-electron chi connectivity index (χ4n) is 3.91. The molecule has 2 aliphatic rings. The lowest BCUT2D eigenvalue weighted by atomic mass is 10.1. The first-order valence-electron chi connectivity index (χ1n) is 9.60. The molecule has 138 valence electrons. The van der Waals surface area contributed by atoms with Gasteiger partial charge in [0.15, 0.2) is 0 Å². The topological polar surface area (TPSA) is 53.7 Å². The highest BCUT2D eigenvalue weighted by atomic mass is 16.2. The fourth-order valence-corrected chi connectivity index (χ4v) is 3.91. The number of pyridine rings is 1. The predicted molar refractivity (Wildman–Crippen MR) is 103 cm³/mol. The van der Waals surface area contributed by atoms with Crippen LogP contribution in [-0.2, 0) is 4.79 Å². The number of likely N-dealkylation sites (N-methyl/N-ethyl adjacent to an activating group) is 1. The van der Waals surface area contributed by atoms with Crippen LogP contribution in [-0.4, -0.2) is 57.2 Å². The minimum absolute atomic E-state index is 0.0847. The smallest absolute Gasteiger partial charge is 0.225 e.